The number of methoxy groups -OCH3 is 1. The molecule has 1 saturated heterocycles. The summed E-state index contributed by atoms with van der Waals surface area (Å²) in [6, 6.07) is 9.28. The van der Waals surface area contributed by atoms with Gasteiger partial charge in [-0.3, -0.25) is 5.10 Å². The van der Waals surface area contributed by atoms with Crippen LogP contribution >= 0.6 is 0 Å². The first-order chi connectivity index (χ1) is 13.7. The number of urea groups is 1. The minimum atomic E-state index is -0.0954. The maximum absolute atomic E-state index is 12.4. The van der Waals surface area contributed by atoms with E-state index in [1.807, 2.05) is 35.2 Å². The standard InChI is InChI=1S/C19H22N6O3/c1-27-16-4-2-3-14(9-16)17-10-15(24-28-17)11-20-19(26)25-7-5-13(6-8-25)18-21-12-22-23-18/h2-4,9-10,12-13H,5-8,11H2,1H3,(H,20,26)(H,21,22,23). The fraction of sp³-hybridized carbons (Fsp3) is 0.368. The van der Waals surface area contributed by atoms with Gasteiger partial charge in [0.15, 0.2) is 5.76 Å². The number of nitrogens with zero attached hydrogens (tertiary/aromatic N) is 4. The average Bonchev–Trinajstić information content (AvgIpc) is 3.44. The van der Waals surface area contributed by atoms with Crippen LogP contribution in [0.2, 0.25) is 0 Å². The Morgan fingerprint density at radius 3 is 2.96 bits per heavy atom. The second kappa shape index (κ2) is 8.12. The van der Waals surface area contributed by atoms with Crippen LogP contribution in [-0.4, -0.2) is 51.5 Å². The number of amides is 2. The van der Waals surface area contributed by atoms with E-state index in [-0.39, 0.29) is 6.03 Å². The monoisotopic (exact) mass is 382 g/mol. The van der Waals surface area contributed by atoms with Crippen LogP contribution in [0.3, 0.4) is 0 Å². The second-order valence-corrected chi connectivity index (χ2v) is 6.71. The van der Waals surface area contributed by atoms with Crippen molar-refractivity contribution >= 4 is 6.03 Å². The lowest BCUT2D eigenvalue weighted by molar-refractivity contribution is 0.179. The number of hydrogen-bond donors (Lipinski definition) is 2. The molecule has 3 aromatic rings. The number of rotatable bonds is 5. The Morgan fingerprint density at radius 1 is 1.36 bits per heavy atom. The van der Waals surface area contributed by atoms with E-state index in [1.165, 1.54) is 6.33 Å². The second-order valence-electron chi connectivity index (χ2n) is 6.71. The summed E-state index contributed by atoms with van der Waals surface area (Å²) < 4.78 is 10.6. The number of nitrogens with one attached hydrogen (secondary N) is 2. The van der Waals surface area contributed by atoms with Crippen molar-refractivity contribution in [2.45, 2.75) is 25.3 Å². The van der Waals surface area contributed by atoms with Crippen LogP contribution in [0, 0.1) is 0 Å². The van der Waals surface area contributed by atoms with Gasteiger partial charge >= 0.3 is 6.03 Å². The van der Waals surface area contributed by atoms with Crippen LogP contribution in [0.4, 0.5) is 4.79 Å². The molecule has 9 heteroatoms. The Hall–Kier alpha value is -3.36. The number of benzene rings is 1. The smallest absolute Gasteiger partial charge is 0.317 e. The van der Waals surface area contributed by atoms with Crippen molar-refractivity contribution in [3.63, 3.8) is 0 Å². The van der Waals surface area contributed by atoms with E-state index in [1.54, 1.807) is 7.11 Å². The fourth-order valence-corrected chi connectivity index (χ4v) is 3.35. The van der Waals surface area contributed by atoms with E-state index in [4.69, 9.17) is 9.26 Å². The Kier molecular flexibility index (Phi) is 5.22. The molecule has 4 rings (SSSR count). The lowest BCUT2D eigenvalue weighted by atomic mass is 9.96. The molecule has 0 bridgehead atoms. The molecular formula is C19H22N6O3. The van der Waals surface area contributed by atoms with Crippen molar-refractivity contribution in [3.8, 4) is 17.1 Å². The molecule has 0 saturated carbocycles. The SMILES string of the molecule is COc1cccc(-c2cc(CNC(=O)N3CCC(c4ncn[nH]4)CC3)no2)c1. The normalized spacial score (nSPS) is 14.8. The summed E-state index contributed by atoms with van der Waals surface area (Å²) >= 11 is 0. The molecular weight excluding hydrogens is 360 g/mol. The number of hydrogen-bond acceptors (Lipinski definition) is 6. The highest BCUT2D eigenvalue weighted by atomic mass is 16.5. The quantitative estimate of drug-likeness (QED) is 0.702. The van der Waals surface area contributed by atoms with E-state index >= 15 is 0 Å². The lowest BCUT2D eigenvalue weighted by Crippen LogP contribution is -2.44. The molecule has 146 valence electrons. The van der Waals surface area contributed by atoms with E-state index in [0.717, 1.165) is 30.0 Å². The fourth-order valence-electron chi connectivity index (χ4n) is 3.35. The van der Waals surface area contributed by atoms with Crippen LogP contribution in [-0.2, 0) is 6.54 Å². The largest absolute Gasteiger partial charge is 0.497 e. The van der Waals surface area contributed by atoms with Crippen molar-refractivity contribution in [1.82, 2.24) is 30.6 Å². The third kappa shape index (κ3) is 3.98. The molecule has 9 nitrogen and oxygen atoms in total. The number of piperidine rings is 1. The van der Waals surface area contributed by atoms with Gasteiger partial charge in [-0.15, -0.1) is 0 Å². The number of ether oxygens (including phenoxy) is 1. The van der Waals surface area contributed by atoms with Crippen LogP contribution in [0.1, 0.15) is 30.3 Å². The highest BCUT2D eigenvalue weighted by molar-refractivity contribution is 5.74. The molecule has 0 spiro atoms. The van der Waals surface area contributed by atoms with Gasteiger partial charge in [0.2, 0.25) is 0 Å². The van der Waals surface area contributed by atoms with E-state index in [2.05, 4.69) is 25.7 Å². The van der Waals surface area contributed by atoms with Crippen molar-refractivity contribution in [2.24, 2.45) is 0 Å². The minimum absolute atomic E-state index is 0.0954. The molecule has 0 unspecified atom stereocenters. The number of carbonyl (C=O) groups is 1. The Balaban J connectivity index is 1.29. The lowest BCUT2D eigenvalue weighted by Gasteiger charge is -2.30. The van der Waals surface area contributed by atoms with Gasteiger partial charge in [0.1, 0.15) is 23.6 Å². The Morgan fingerprint density at radius 2 is 2.21 bits per heavy atom. The van der Waals surface area contributed by atoms with Crippen LogP contribution in [0.25, 0.3) is 11.3 Å². The zero-order chi connectivity index (χ0) is 19.3. The van der Waals surface area contributed by atoms with Gasteiger partial charge in [0.25, 0.3) is 0 Å². The van der Waals surface area contributed by atoms with E-state index < -0.39 is 0 Å². The summed E-state index contributed by atoms with van der Waals surface area (Å²) in [6.07, 6.45) is 3.26. The summed E-state index contributed by atoms with van der Waals surface area (Å²) in [6.45, 7) is 1.69. The van der Waals surface area contributed by atoms with Gasteiger partial charge in [-0.1, -0.05) is 17.3 Å². The molecule has 2 N–H and O–H groups in total. The molecule has 1 fully saturated rings. The molecule has 28 heavy (non-hydrogen) atoms. The maximum atomic E-state index is 12.4. The van der Waals surface area contributed by atoms with Gasteiger partial charge in [-0.2, -0.15) is 5.10 Å². The molecule has 0 atom stereocenters. The summed E-state index contributed by atoms with van der Waals surface area (Å²) in [5, 5.41) is 13.8. The first kappa shape index (κ1) is 18.0. The first-order valence-electron chi connectivity index (χ1n) is 9.21. The molecule has 2 aromatic heterocycles. The predicted molar refractivity (Wildman–Crippen MR) is 101 cm³/mol. The molecule has 0 aliphatic carbocycles. The molecule has 1 aliphatic heterocycles. The molecule has 1 aliphatic rings. The minimum Gasteiger partial charge on any atom is -0.497 e. The molecule has 1 aromatic carbocycles. The Bertz CT molecular complexity index is 915. The van der Waals surface area contributed by atoms with E-state index in [9.17, 15) is 4.79 Å². The van der Waals surface area contributed by atoms with Crippen LogP contribution in [0.5, 0.6) is 5.75 Å². The van der Waals surface area contributed by atoms with Crippen LogP contribution < -0.4 is 10.1 Å². The number of aromatic amines is 1. The Labute approximate surface area is 162 Å². The maximum Gasteiger partial charge on any atom is 0.317 e. The van der Waals surface area contributed by atoms with Gasteiger partial charge in [-0.05, 0) is 25.0 Å². The third-order valence-electron chi connectivity index (χ3n) is 4.94. The summed E-state index contributed by atoms with van der Waals surface area (Å²) in [7, 11) is 1.62. The molecule has 0 radical (unpaired) electrons. The predicted octanol–water partition coefficient (Wildman–Crippen LogP) is 2.56. The van der Waals surface area contributed by atoms with Gasteiger partial charge in [-0.25, -0.2) is 9.78 Å². The van der Waals surface area contributed by atoms with Crippen LogP contribution in [0.15, 0.2) is 41.2 Å². The molecule has 3 heterocycles. The summed E-state index contributed by atoms with van der Waals surface area (Å²) in [5.41, 5.74) is 1.54. The zero-order valence-corrected chi connectivity index (χ0v) is 15.6. The number of H-pyrrole nitrogens is 1. The number of aromatic nitrogens is 4. The van der Waals surface area contributed by atoms with Crippen molar-refractivity contribution in [3.05, 3.63) is 48.2 Å². The molecule has 2 amide bonds. The van der Waals surface area contributed by atoms with E-state index in [0.29, 0.717) is 37.0 Å². The topological polar surface area (TPSA) is 109 Å². The highest BCUT2D eigenvalue weighted by Gasteiger charge is 2.25. The summed E-state index contributed by atoms with van der Waals surface area (Å²) in [4.78, 5) is 18.5. The average molecular weight is 382 g/mol. The zero-order valence-electron chi connectivity index (χ0n) is 15.6. The number of carbonyl (C=O) groups excluding carboxylic acids is 1. The van der Waals surface area contributed by atoms with Crippen molar-refractivity contribution in [2.75, 3.05) is 20.2 Å². The highest BCUT2D eigenvalue weighted by Crippen LogP contribution is 2.26. The summed E-state index contributed by atoms with van der Waals surface area (Å²) in [5.74, 6) is 2.61. The third-order valence-corrected chi connectivity index (χ3v) is 4.94. The van der Waals surface area contributed by atoms with Gasteiger partial charge in [0, 0.05) is 30.6 Å². The van der Waals surface area contributed by atoms with Crippen molar-refractivity contribution < 1.29 is 14.1 Å². The first-order valence-corrected chi connectivity index (χ1v) is 9.21. The van der Waals surface area contributed by atoms with Crippen molar-refractivity contribution in [1.29, 1.82) is 0 Å². The number of likely N-dealkylation sites (tertiary alicyclic amines) is 1. The van der Waals surface area contributed by atoms with Gasteiger partial charge < -0.3 is 19.5 Å². The van der Waals surface area contributed by atoms with Gasteiger partial charge in [0.05, 0.1) is 13.7 Å².